The Bertz CT molecular complexity index is 542. The van der Waals surface area contributed by atoms with Gasteiger partial charge in [-0.05, 0) is 24.6 Å². The SMILES string of the molecule is Cc1cccc(OCCc2nnc(SCC=O)o2)c1. The Labute approximate surface area is 115 Å². The lowest BCUT2D eigenvalue weighted by molar-refractivity contribution is -0.105. The van der Waals surface area contributed by atoms with Crippen molar-refractivity contribution in [1.82, 2.24) is 10.2 Å². The number of nitrogens with zero attached hydrogens (tertiary/aromatic N) is 2. The maximum absolute atomic E-state index is 10.2. The number of aromatic nitrogens is 2. The predicted octanol–water partition coefficient (Wildman–Crippen LogP) is 2.29. The number of rotatable bonds is 7. The second-order valence-electron chi connectivity index (χ2n) is 3.85. The Kier molecular flexibility index (Phi) is 4.97. The monoisotopic (exact) mass is 278 g/mol. The van der Waals surface area contributed by atoms with E-state index in [1.807, 2.05) is 31.2 Å². The van der Waals surface area contributed by atoms with Gasteiger partial charge in [0.2, 0.25) is 5.89 Å². The average Bonchev–Trinajstić information content (AvgIpc) is 2.84. The molecule has 0 atom stereocenters. The molecule has 0 spiro atoms. The van der Waals surface area contributed by atoms with Crippen molar-refractivity contribution in [2.75, 3.05) is 12.4 Å². The van der Waals surface area contributed by atoms with Crippen LogP contribution in [-0.4, -0.2) is 28.8 Å². The topological polar surface area (TPSA) is 65.2 Å². The van der Waals surface area contributed by atoms with Crippen molar-refractivity contribution in [3.63, 3.8) is 0 Å². The zero-order chi connectivity index (χ0) is 13.5. The molecule has 0 radical (unpaired) electrons. The molecule has 1 heterocycles. The summed E-state index contributed by atoms with van der Waals surface area (Å²) in [6, 6.07) is 7.85. The number of aldehydes is 1. The molecule has 19 heavy (non-hydrogen) atoms. The number of aryl methyl sites for hydroxylation is 1. The number of thioether (sulfide) groups is 1. The summed E-state index contributed by atoms with van der Waals surface area (Å²) in [6.07, 6.45) is 1.35. The Hall–Kier alpha value is -1.82. The molecular weight excluding hydrogens is 264 g/mol. The highest BCUT2D eigenvalue weighted by Gasteiger charge is 2.06. The molecule has 0 amide bonds. The van der Waals surface area contributed by atoms with Crippen LogP contribution < -0.4 is 4.74 Å². The van der Waals surface area contributed by atoms with Gasteiger partial charge in [-0.1, -0.05) is 23.9 Å². The van der Waals surface area contributed by atoms with Crippen LogP contribution >= 0.6 is 11.8 Å². The maximum atomic E-state index is 10.2. The van der Waals surface area contributed by atoms with Crippen molar-refractivity contribution in [3.05, 3.63) is 35.7 Å². The molecular formula is C13H14N2O3S. The molecule has 0 bridgehead atoms. The molecule has 0 N–H and O–H groups in total. The van der Waals surface area contributed by atoms with Gasteiger partial charge in [0.05, 0.1) is 18.8 Å². The number of carbonyl (C=O) groups excluding carboxylic acids is 1. The molecule has 1 aromatic carbocycles. The van der Waals surface area contributed by atoms with E-state index in [4.69, 9.17) is 9.15 Å². The zero-order valence-corrected chi connectivity index (χ0v) is 11.4. The van der Waals surface area contributed by atoms with E-state index in [9.17, 15) is 4.79 Å². The summed E-state index contributed by atoms with van der Waals surface area (Å²) >= 11 is 1.22. The summed E-state index contributed by atoms with van der Waals surface area (Å²) in [6.45, 7) is 2.49. The maximum Gasteiger partial charge on any atom is 0.276 e. The third kappa shape index (κ3) is 4.40. The van der Waals surface area contributed by atoms with Crippen LogP contribution in [0.1, 0.15) is 11.5 Å². The van der Waals surface area contributed by atoms with E-state index in [1.165, 1.54) is 11.8 Å². The number of ether oxygens (including phenoxy) is 1. The number of carbonyl (C=O) groups is 1. The van der Waals surface area contributed by atoms with Gasteiger partial charge in [0, 0.05) is 0 Å². The highest BCUT2D eigenvalue weighted by molar-refractivity contribution is 7.99. The van der Waals surface area contributed by atoms with E-state index in [2.05, 4.69) is 10.2 Å². The minimum absolute atomic E-state index is 0.321. The lowest BCUT2D eigenvalue weighted by atomic mass is 10.2. The van der Waals surface area contributed by atoms with Crippen molar-refractivity contribution >= 4 is 18.0 Å². The first-order valence-corrected chi connectivity index (χ1v) is 6.85. The highest BCUT2D eigenvalue weighted by atomic mass is 32.2. The third-order valence-electron chi connectivity index (χ3n) is 2.30. The second kappa shape index (κ2) is 6.94. The van der Waals surface area contributed by atoms with Crippen molar-refractivity contribution in [3.8, 4) is 5.75 Å². The van der Waals surface area contributed by atoms with Crippen LogP contribution in [0.5, 0.6) is 5.75 Å². The minimum Gasteiger partial charge on any atom is -0.493 e. The number of benzene rings is 1. The van der Waals surface area contributed by atoms with Gasteiger partial charge in [-0.3, -0.25) is 0 Å². The molecule has 100 valence electrons. The lowest BCUT2D eigenvalue weighted by Crippen LogP contribution is -2.01. The quantitative estimate of drug-likeness (QED) is 0.572. The zero-order valence-electron chi connectivity index (χ0n) is 10.5. The Balaban J connectivity index is 1.79. The van der Waals surface area contributed by atoms with Gasteiger partial charge in [-0.25, -0.2) is 0 Å². The van der Waals surface area contributed by atoms with Crippen LogP contribution in [-0.2, 0) is 11.2 Å². The van der Waals surface area contributed by atoms with Gasteiger partial charge in [0.1, 0.15) is 12.0 Å². The first-order chi connectivity index (χ1) is 9.28. The molecule has 1 aromatic heterocycles. The number of hydrogen-bond acceptors (Lipinski definition) is 6. The smallest absolute Gasteiger partial charge is 0.276 e. The summed E-state index contributed by atoms with van der Waals surface area (Å²) in [5.74, 6) is 1.66. The summed E-state index contributed by atoms with van der Waals surface area (Å²) in [5.41, 5.74) is 1.16. The van der Waals surface area contributed by atoms with E-state index in [0.717, 1.165) is 17.6 Å². The highest BCUT2D eigenvalue weighted by Crippen LogP contribution is 2.16. The molecule has 2 rings (SSSR count). The largest absolute Gasteiger partial charge is 0.493 e. The van der Waals surface area contributed by atoms with Crippen molar-refractivity contribution < 1.29 is 13.9 Å². The summed E-state index contributed by atoms with van der Waals surface area (Å²) in [4.78, 5) is 10.2. The second-order valence-corrected chi connectivity index (χ2v) is 4.83. The van der Waals surface area contributed by atoms with Gasteiger partial charge in [0.15, 0.2) is 0 Å². The van der Waals surface area contributed by atoms with Crippen molar-refractivity contribution in [2.45, 2.75) is 18.6 Å². The number of hydrogen-bond donors (Lipinski definition) is 0. The van der Waals surface area contributed by atoms with E-state index in [-0.39, 0.29) is 0 Å². The van der Waals surface area contributed by atoms with E-state index < -0.39 is 0 Å². The standard InChI is InChI=1S/C13H14N2O3S/c1-10-3-2-4-11(9-10)17-7-5-12-14-15-13(18-12)19-8-6-16/h2-4,6,9H,5,7-8H2,1H3. The fourth-order valence-electron chi connectivity index (χ4n) is 1.46. The van der Waals surface area contributed by atoms with Gasteiger partial charge in [0.25, 0.3) is 5.22 Å². The van der Waals surface area contributed by atoms with Gasteiger partial charge in [-0.2, -0.15) is 0 Å². The molecule has 0 aliphatic heterocycles. The van der Waals surface area contributed by atoms with Crippen LogP contribution in [0.25, 0.3) is 0 Å². The van der Waals surface area contributed by atoms with Gasteiger partial charge in [-0.15, -0.1) is 10.2 Å². The molecule has 2 aromatic rings. The van der Waals surface area contributed by atoms with Gasteiger partial charge < -0.3 is 13.9 Å². The molecule has 0 unspecified atom stereocenters. The van der Waals surface area contributed by atoms with Gasteiger partial charge >= 0.3 is 0 Å². The summed E-state index contributed by atoms with van der Waals surface area (Å²) in [7, 11) is 0. The Morgan fingerprint density at radius 1 is 1.42 bits per heavy atom. The van der Waals surface area contributed by atoms with Crippen LogP contribution in [0.2, 0.25) is 0 Å². The lowest BCUT2D eigenvalue weighted by Gasteiger charge is -2.04. The molecule has 0 saturated heterocycles. The molecule has 0 aliphatic carbocycles. The average molecular weight is 278 g/mol. The Morgan fingerprint density at radius 3 is 3.11 bits per heavy atom. The molecule has 0 aliphatic rings. The van der Waals surface area contributed by atoms with E-state index >= 15 is 0 Å². The summed E-state index contributed by atoms with van der Waals surface area (Å²) in [5, 5.41) is 8.12. The van der Waals surface area contributed by atoms with E-state index in [1.54, 1.807) is 0 Å². The van der Waals surface area contributed by atoms with Crippen LogP contribution in [0.4, 0.5) is 0 Å². The normalized spacial score (nSPS) is 10.4. The van der Waals surface area contributed by atoms with Crippen LogP contribution in [0.3, 0.4) is 0 Å². The van der Waals surface area contributed by atoms with Crippen molar-refractivity contribution in [1.29, 1.82) is 0 Å². The van der Waals surface area contributed by atoms with Crippen molar-refractivity contribution in [2.24, 2.45) is 0 Å². The molecule has 6 heteroatoms. The third-order valence-corrected chi connectivity index (χ3v) is 3.01. The first kappa shape index (κ1) is 13.6. The fourth-order valence-corrected chi connectivity index (χ4v) is 1.93. The van der Waals surface area contributed by atoms with E-state index in [0.29, 0.717) is 29.9 Å². The first-order valence-electron chi connectivity index (χ1n) is 5.86. The predicted molar refractivity (Wildman–Crippen MR) is 71.5 cm³/mol. The fraction of sp³-hybridized carbons (Fsp3) is 0.308. The Morgan fingerprint density at radius 2 is 2.32 bits per heavy atom. The molecule has 0 saturated carbocycles. The van der Waals surface area contributed by atoms with Crippen LogP contribution in [0.15, 0.2) is 33.9 Å². The summed E-state index contributed by atoms with van der Waals surface area (Å²) < 4.78 is 10.9. The molecule has 0 fully saturated rings. The van der Waals surface area contributed by atoms with Crippen LogP contribution in [0, 0.1) is 6.92 Å². The molecule has 5 nitrogen and oxygen atoms in total. The minimum atomic E-state index is 0.321.